The van der Waals surface area contributed by atoms with Gasteiger partial charge in [-0.05, 0) is 39.2 Å². The summed E-state index contributed by atoms with van der Waals surface area (Å²) < 4.78 is 5.30. The lowest BCUT2D eigenvalue weighted by molar-refractivity contribution is 0.175. The summed E-state index contributed by atoms with van der Waals surface area (Å²) in [7, 11) is 0. The van der Waals surface area contributed by atoms with Crippen molar-refractivity contribution in [1.29, 1.82) is 0 Å². The minimum absolute atomic E-state index is 0. The number of hydrogen-bond donors (Lipinski definition) is 1. The Bertz CT molecular complexity index is 400. The number of aromatic nitrogens is 2. The molecule has 0 amide bonds. The van der Waals surface area contributed by atoms with Crippen LogP contribution >= 0.6 is 12.4 Å². The number of nitrogens with two attached hydrogens (primary N) is 1. The first-order valence-corrected chi connectivity index (χ1v) is 6.74. The van der Waals surface area contributed by atoms with E-state index in [4.69, 9.17) is 10.3 Å². The van der Waals surface area contributed by atoms with Gasteiger partial charge >= 0.3 is 0 Å². The molecule has 1 aliphatic rings. The van der Waals surface area contributed by atoms with Crippen LogP contribution in [0.1, 0.15) is 52.3 Å². The van der Waals surface area contributed by atoms with Crippen LogP contribution in [0.25, 0.3) is 0 Å². The molecule has 0 aliphatic carbocycles. The van der Waals surface area contributed by atoms with Crippen LogP contribution in [0.3, 0.4) is 0 Å². The van der Waals surface area contributed by atoms with Crippen molar-refractivity contribution in [2.24, 2.45) is 11.7 Å². The first-order valence-electron chi connectivity index (χ1n) is 6.74. The molecule has 110 valence electrons. The molecule has 0 radical (unpaired) electrons. The molecular formula is C13H25ClN4O. The van der Waals surface area contributed by atoms with E-state index in [0.717, 1.165) is 13.1 Å². The summed E-state index contributed by atoms with van der Waals surface area (Å²) in [6.45, 7) is 10.2. The third-order valence-electron chi connectivity index (χ3n) is 3.57. The number of hydrogen-bond acceptors (Lipinski definition) is 5. The predicted octanol–water partition coefficient (Wildman–Crippen LogP) is 2.31. The molecule has 1 aromatic heterocycles. The van der Waals surface area contributed by atoms with Gasteiger partial charge in [-0.2, -0.15) is 4.98 Å². The molecule has 0 saturated carbocycles. The second-order valence-electron chi connectivity index (χ2n) is 6.16. The van der Waals surface area contributed by atoms with E-state index >= 15 is 0 Å². The lowest BCUT2D eigenvalue weighted by Gasteiger charge is -2.25. The van der Waals surface area contributed by atoms with E-state index in [1.807, 2.05) is 13.8 Å². The zero-order chi connectivity index (χ0) is 13.3. The lowest BCUT2D eigenvalue weighted by atomic mass is 10.0. The number of likely N-dealkylation sites (tertiary alicyclic amines) is 1. The Morgan fingerprint density at radius 2 is 2.16 bits per heavy atom. The zero-order valence-electron chi connectivity index (χ0n) is 12.2. The van der Waals surface area contributed by atoms with Crippen LogP contribution in [0.2, 0.25) is 0 Å². The summed E-state index contributed by atoms with van der Waals surface area (Å²) in [5, 5.41) is 3.96. The van der Waals surface area contributed by atoms with Crippen molar-refractivity contribution in [2.75, 3.05) is 6.54 Å². The third-order valence-corrected chi connectivity index (χ3v) is 3.57. The molecular weight excluding hydrogens is 264 g/mol. The molecule has 19 heavy (non-hydrogen) atoms. The average Bonchev–Trinajstić information content (AvgIpc) is 2.85. The Morgan fingerprint density at radius 1 is 1.47 bits per heavy atom. The second-order valence-corrected chi connectivity index (χ2v) is 6.16. The van der Waals surface area contributed by atoms with Crippen LogP contribution in [0.15, 0.2) is 4.52 Å². The molecule has 6 heteroatoms. The Kier molecular flexibility index (Phi) is 5.35. The van der Waals surface area contributed by atoms with Crippen LogP contribution < -0.4 is 5.73 Å². The first-order chi connectivity index (χ1) is 8.38. The van der Waals surface area contributed by atoms with Crippen LogP contribution in [0, 0.1) is 5.92 Å². The van der Waals surface area contributed by atoms with Crippen LogP contribution in [-0.2, 0) is 12.1 Å². The van der Waals surface area contributed by atoms with Gasteiger partial charge in [-0.25, -0.2) is 0 Å². The van der Waals surface area contributed by atoms with Crippen molar-refractivity contribution in [3.05, 3.63) is 11.7 Å². The normalized spacial score (nSPS) is 20.8. The molecule has 2 heterocycles. The minimum Gasteiger partial charge on any atom is -0.338 e. The molecule has 0 aromatic carbocycles. The topological polar surface area (TPSA) is 68.2 Å². The van der Waals surface area contributed by atoms with Gasteiger partial charge in [0, 0.05) is 6.04 Å². The summed E-state index contributed by atoms with van der Waals surface area (Å²) in [5.74, 6) is 1.93. The highest BCUT2D eigenvalue weighted by molar-refractivity contribution is 5.85. The molecule has 1 atom stereocenters. The van der Waals surface area contributed by atoms with Crippen LogP contribution in [-0.4, -0.2) is 27.6 Å². The first kappa shape index (κ1) is 16.4. The van der Waals surface area contributed by atoms with Gasteiger partial charge in [0.25, 0.3) is 0 Å². The summed E-state index contributed by atoms with van der Waals surface area (Å²) in [6, 6.07) is 0.631. The van der Waals surface area contributed by atoms with E-state index in [1.54, 1.807) is 0 Å². The SMILES string of the molecule is CC(C)C1CCCN1Cc1nc(C(C)(C)N)no1.Cl. The number of rotatable bonds is 4. The molecule has 1 fully saturated rings. The third kappa shape index (κ3) is 3.91. The van der Waals surface area contributed by atoms with Crippen molar-refractivity contribution in [2.45, 2.75) is 58.7 Å². The van der Waals surface area contributed by atoms with Crippen LogP contribution in [0.5, 0.6) is 0 Å². The molecule has 1 aromatic rings. The monoisotopic (exact) mass is 288 g/mol. The van der Waals surface area contributed by atoms with Crippen molar-refractivity contribution in [1.82, 2.24) is 15.0 Å². The van der Waals surface area contributed by atoms with Gasteiger partial charge in [-0.15, -0.1) is 12.4 Å². The maximum Gasteiger partial charge on any atom is 0.240 e. The molecule has 1 aliphatic heterocycles. The molecule has 2 N–H and O–H groups in total. The summed E-state index contributed by atoms with van der Waals surface area (Å²) in [5.41, 5.74) is 5.42. The summed E-state index contributed by atoms with van der Waals surface area (Å²) in [4.78, 5) is 6.83. The second kappa shape index (κ2) is 6.20. The Balaban J connectivity index is 0.00000180. The maximum absolute atomic E-state index is 5.96. The van der Waals surface area contributed by atoms with Gasteiger partial charge in [0.1, 0.15) is 0 Å². The van der Waals surface area contributed by atoms with E-state index in [9.17, 15) is 0 Å². The standard InChI is InChI=1S/C13H24N4O.ClH/c1-9(2)10-6-5-7-17(10)8-11-15-12(16-18-11)13(3,4)14;/h9-10H,5-8,14H2,1-4H3;1H. The van der Waals surface area contributed by atoms with Crippen molar-refractivity contribution >= 4 is 12.4 Å². The largest absolute Gasteiger partial charge is 0.338 e. The van der Waals surface area contributed by atoms with Gasteiger partial charge in [0.2, 0.25) is 5.89 Å². The van der Waals surface area contributed by atoms with Gasteiger partial charge < -0.3 is 10.3 Å². The summed E-state index contributed by atoms with van der Waals surface area (Å²) in [6.07, 6.45) is 2.52. The van der Waals surface area contributed by atoms with Gasteiger partial charge in [0.05, 0.1) is 12.1 Å². The average molecular weight is 289 g/mol. The van der Waals surface area contributed by atoms with E-state index in [-0.39, 0.29) is 12.4 Å². The molecule has 0 spiro atoms. The molecule has 5 nitrogen and oxygen atoms in total. The van der Waals surface area contributed by atoms with Gasteiger partial charge in [0.15, 0.2) is 5.82 Å². The zero-order valence-corrected chi connectivity index (χ0v) is 13.0. The van der Waals surface area contributed by atoms with E-state index in [1.165, 1.54) is 12.8 Å². The number of halogens is 1. The summed E-state index contributed by atoms with van der Waals surface area (Å²) >= 11 is 0. The van der Waals surface area contributed by atoms with Crippen LogP contribution in [0.4, 0.5) is 0 Å². The van der Waals surface area contributed by atoms with E-state index in [2.05, 4.69) is 28.9 Å². The van der Waals surface area contributed by atoms with Crippen molar-refractivity contribution < 1.29 is 4.52 Å². The highest BCUT2D eigenvalue weighted by Gasteiger charge is 2.29. The molecule has 1 unspecified atom stereocenters. The number of nitrogens with zero attached hydrogens (tertiary/aromatic N) is 3. The Labute approximate surface area is 121 Å². The Hall–Kier alpha value is -0.650. The predicted molar refractivity (Wildman–Crippen MR) is 77.0 cm³/mol. The van der Waals surface area contributed by atoms with Gasteiger partial charge in [-0.1, -0.05) is 19.0 Å². The fourth-order valence-electron chi connectivity index (χ4n) is 2.56. The fourth-order valence-corrected chi connectivity index (χ4v) is 2.56. The van der Waals surface area contributed by atoms with E-state index in [0.29, 0.717) is 23.7 Å². The Morgan fingerprint density at radius 3 is 2.68 bits per heavy atom. The minimum atomic E-state index is -0.537. The fraction of sp³-hybridized carbons (Fsp3) is 0.846. The van der Waals surface area contributed by atoms with Crippen molar-refractivity contribution in [3.8, 4) is 0 Å². The maximum atomic E-state index is 5.96. The lowest BCUT2D eigenvalue weighted by Crippen LogP contribution is -2.33. The highest BCUT2D eigenvalue weighted by atomic mass is 35.5. The van der Waals surface area contributed by atoms with Crippen molar-refractivity contribution in [3.63, 3.8) is 0 Å². The van der Waals surface area contributed by atoms with Gasteiger partial charge in [-0.3, -0.25) is 4.90 Å². The molecule has 0 bridgehead atoms. The smallest absolute Gasteiger partial charge is 0.240 e. The quantitative estimate of drug-likeness (QED) is 0.921. The molecule has 1 saturated heterocycles. The highest BCUT2D eigenvalue weighted by Crippen LogP contribution is 2.25. The molecule has 2 rings (SSSR count). The van der Waals surface area contributed by atoms with E-state index < -0.39 is 5.54 Å².